The second kappa shape index (κ2) is 11.3. The number of fused-ring (bicyclic) bond motifs is 1. The van der Waals surface area contributed by atoms with Crippen LogP contribution in [0.25, 0.3) is 28.2 Å². The lowest BCUT2D eigenvalue weighted by Crippen LogP contribution is -2.57. The van der Waals surface area contributed by atoms with Crippen LogP contribution in [0.5, 0.6) is 0 Å². The van der Waals surface area contributed by atoms with Gasteiger partial charge in [-0.1, -0.05) is 38.6 Å². The molecule has 200 valence electrons. The maximum Gasteiger partial charge on any atom is 0.246 e. The fraction of sp³-hybridized carbons (Fsp3) is 0.387. The van der Waals surface area contributed by atoms with Crippen molar-refractivity contribution in [1.29, 1.82) is 5.26 Å². The number of anilines is 1. The molecule has 39 heavy (non-hydrogen) atoms. The van der Waals surface area contributed by atoms with Crippen LogP contribution in [0.4, 0.5) is 5.82 Å². The molecule has 1 saturated carbocycles. The number of nitriles is 1. The zero-order valence-electron chi connectivity index (χ0n) is 22.5. The summed E-state index contributed by atoms with van der Waals surface area (Å²) in [7, 11) is 0. The molecule has 0 radical (unpaired) electrons. The Balaban J connectivity index is 1.52. The van der Waals surface area contributed by atoms with Crippen molar-refractivity contribution in [2.24, 2.45) is 5.92 Å². The topological polar surface area (TPSA) is 106 Å². The fourth-order valence-corrected chi connectivity index (χ4v) is 5.30. The van der Waals surface area contributed by atoms with Crippen LogP contribution in [0.15, 0.2) is 49.2 Å². The molecule has 2 fully saturated rings. The second-order valence-electron chi connectivity index (χ2n) is 10.6. The third-order valence-corrected chi connectivity index (χ3v) is 7.53. The monoisotopic (exact) mass is 522 g/mol. The summed E-state index contributed by atoms with van der Waals surface area (Å²) in [5, 5.41) is 19.3. The van der Waals surface area contributed by atoms with Crippen molar-refractivity contribution in [2.75, 3.05) is 31.1 Å². The van der Waals surface area contributed by atoms with E-state index >= 15 is 0 Å². The summed E-state index contributed by atoms with van der Waals surface area (Å²) < 4.78 is 0. The number of nitrogens with zero attached hydrogens (tertiary/aromatic N) is 6. The standard InChI is InChI=1S/C31H34N6O2/c1-4-23-18-33-30-24(8-7-9-26(30)34-23)25-16-22(17-32)31(35-29(25)21-11-12-21)36-13-14-37(27(19-36)20(2)3)28(39)10-5-6-15-38/h4-5,7-10,16,18,20-21,27,38H,1,6,11-15,19H2,2-3H3. The first kappa shape index (κ1) is 26.5. The Hall–Kier alpha value is -4.09. The van der Waals surface area contributed by atoms with Gasteiger partial charge in [-0.05, 0) is 49.5 Å². The Morgan fingerprint density at radius 1 is 1.26 bits per heavy atom. The number of para-hydroxylation sites is 1. The Morgan fingerprint density at radius 2 is 2.08 bits per heavy atom. The van der Waals surface area contributed by atoms with E-state index < -0.39 is 0 Å². The number of aliphatic hydroxyl groups excluding tert-OH is 1. The van der Waals surface area contributed by atoms with Crippen LogP contribution >= 0.6 is 0 Å². The van der Waals surface area contributed by atoms with Gasteiger partial charge in [0.25, 0.3) is 0 Å². The van der Waals surface area contributed by atoms with Crippen molar-refractivity contribution in [2.45, 2.75) is 45.1 Å². The molecule has 0 bridgehead atoms. The summed E-state index contributed by atoms with van der Waals surface area (Å²) in [5.41, 5.74) is 5.66. The molecular weight excluding hydrogens is 488 g/mol. The Morgan fingerprint density at radius 3 is 2.77 bits per heavy atom. The molecule has 1 aliphatic heterocycles. The van der Waals surface area contributed by atoms with Crippen molar-refractivity contribution in [3.05, 3.63) is 66.1 Å². The number of carbonyl (C=O) groups excluding carboxylic acids is 1. The highest BCUT2D eigenvalue weighted by atomic mass is 16.2. The maximum atomic E-state index is 12.9. The molecule has 1 saturated heterocycles. The summed E-state index contributed by atoms with van der Waals surface area (Å²) in [6.45, 7) is 9.79. The number of pyridine rings is 1. The van der Waals surface area contributed by atoms with Crippen molar-refractivity contribution in [3.8, 4) is 17.2 Å². The first-order valence-corrected chi connectivity index (χ1v) is 13.6. The van der Waals surface area contributed by atoms with Gasteiger partial charge < -0.3 is 14.9 Å². The number of rotatable bonds is 8. The number of amides is 1. The van der Waals surface area contributed by atoms with Crippen molar-refractivity contribution < 1.29 is 9.90 Å². The van der Waals surface area contributed by atoms with E-state index in [0.717, 1.165) is 46.4 Å². The Kier molecular flexibility index (Phi) is 7.71. The lowest BCUT2D eigenvalue weighted by atomic mass is 9.96. The molecule has 3 aromatic rings. The molecule has 1 amide bonds. The fourth-order valence-electron chi connectivity index (χ4n) is 5.30. The number of carbonyl (C=O) groups is 1. The van der Waals surface area contributed by atoms with Gasteiger partial charge >= 0.3 is 0 Å². The highest BCUT2D eigenvalue weighted by Crippen LogP contribution is 2.46. The van der Waals surface area contributed by atoms with Crippen molar-refractivity contribution >= 4 is 28.8 Å². The number of piperazine rings is 1. The Labute approximate surface area is 229 Å². The van der Waals surface area contributed by atoms with Gasteiger partial charge in [-0.15, -0.1) is 0 Å². The molecule has 1 N–H and O–H groups in total. The molecule has 0 spiro atoms. The first-order chi connectivity index (χ1) is 18.9. The molecule has 2 aliphatic rings. The van der Waals surface area contributed by atoms with Crippen LogP contribution in [-0.4, -0.2) is 63.1 Å². The molecule has 1 atom stereocenters. The molecule has 8 heteroatoms. The van der Waals surface area contributed by atoms with E-state index in [0.29, 0.717) is 43.4 Å². The summed E-state index contributed by atoms with van der Waals surface area (Å²) in [5.74, 6) is 1.23. The smallest absolute Gasteiger partial charge is 0.246 e. The van der Waals surface area contributed by atoms with Gasteiger partial charge in [0.05, 0.1) is 40.2 Å². The van der Waals surface area contributed by atoms with Gasteiger partial charge in [-0.3, -0.25) is 9.78 Å². The van der Waals surface area contributed by atoms with Crippen LogP contribution in [-0.2, 0) is 4.79 Å². The van der Waals surface area contributed by atoms with Crippen molar-refractivity contribution in [3.63, 3.8) is 0 Å². The number of aliphatic hydroxyl groups is 1. The summed E-state index contributed by atoms with van der Waals surface area (Å²) >= 11 is 0. The normalized spacial score (nSPS) is 17.7. The van der Waals surface area contributed by atoms with Gasteiger partial charge in [-0.2, -0.15) is 5.26 Å². The molecule has 8 nitrogen and oxygen atoms in total. The molecule has 1 aliphatic carbocycles. The highest BCUT2D eigenvalue weighted by Gasteiger charge is 2.35. The van der Waals surface area contributed by atoms with E-state index in [-0.39, 0.29) is 24.5 Å². The minimum atomic E-state index is -0.0408. The van der Waals surface area contributed by atoms with E-state index in [1.54, 1.807) is 24.4 Å². The molecule has 5 rings (SSSR count). The van der Waals surface area contributed by atoms with E-state index in [9.17, 15) is 10.1 Å². The second-order valence-corrected chi connectivity index (χ2v) is 10.6. The zero-order chi connectivity index (χ0) is 27.5. The zero-order valence-corrected chi connectivity index (χ0v) is 22.5. The van der Waals surface area contributed by atoms with Crippen molar-refractivity contribution in [1.82, 2.24) is 19.9 Å². The lowest BCUT2D eigenvalue weighted by molar-refractivity contribution is -0.129. The van der Waals surface area contributed by atoms with E-state index in [1.165, 1.54) is 0 Å². The molecule has 2 aromatic heterocycles. The predicted octanol–water partition coefficient (Wildman–Crippen LogP) is 4.70. The third-order valence-electron chi connectivity index (χ3n) is 7.53. The van der Waals surface area contributed by atoms with Crippen LogP contribution in [0.1, 0.15) is 56.0 Å². The van der Waals surface area contributed by atoms with Crippen LogP contribution in [0.3, 0.4) is 0 Å². The largest absolute Gasteiger partial charge is 0.396 e. The molecule has 1 unspecified atom stereocenters. The third kappa shape index (κ3) is 5.41. The molecule has 1 aromatic carbocycles. The van der Waals surface area contributed by atoms with Gasteiger partial charge in [0.1, 0.15) is 11.9 Å². The minimum Gasteiger partial charge on any atom is -0.396 e. The summed E-state index contributed by atoms with van der Waals surface area (Å²) in [4.78, 5) is 31.5. The average Bonchev–Trinajstić information content (AvgIpc) is 3.81. The van der Waals surface area contributed by atoms with Crippen LogP contribution < -0.4 is 4.90 Å². The SMILES string of the molecule is C=Cc1cnc2c(-c3cc(C#N)c(N4CCN(C(=O)C=CCCO)C(C(C)C)C4)nc3C3CC3)cccc2n1. The highest BCUT2D eigenvalue weighted by molar-refractivity contribution is 5.93. The van der Waals surface area contributed by atoms with Crippen LogP contribution in [0.2, 0.25) is 0 Å². The average molecular weight is 523 g/mol. The number of hydrogen-bond donors (Lipinski definition) is 1. The van der Waals surface area contributed by atoms with Gasteiger partial charge in [0.2, 0.25) is 5.91 Å². The summed E-state index contributed by atoms with van der Waals surface area (Å²) in [6.07, 6.45) is 9.28. The van der Waals surface area contributed by atoms with Crippen LogP contribution in [0, 0.1) is 17.2 Å². The number of benzene rings is 1. The van der Waals surface area contributed by atoms with E-state index in [2.05, 4.69) is 41.4 Å². The quantitative estimate of drug-likeness (QED) is 0.428. The molecule has 3 heterocycles. The Bertz CT molecular complexity index is 1470. The number of hydrogen-bond acceptors (Lipinski definition) is 7. The molecular formula is C31H34N6O2. The first-order valence-electron chi connectivity index (χ1n) is 13.6. The number of aromatic nitrogens is 3. The predicted molar refractivity (Wildman–Crippen MR) is 153 cm³/mol. The van der Waals surface area contributed by atoms with Gasteiger partial charge in [-0.25, -0.2) is 9.97 Å². The van der Waals surface area contributed by atoms with E-state index in [4.69, 9.17) is 10.1 Å². The lowest BCUT2D eigenvalue weighted by Gasteiger charge is -2.43. The minimum absolute atomic E-state index is 0.0187. The van der Waals surface area contributed by atoms with E-state index in [1.807, 2.05) is 29.2 Å². The van der Waals surface area contributed by atoms with Gasteiger partial charge in [0, 0.05) is 43.3 Å². The maximum absolute atomic E-state index is 12.9. The summed E-state index contributed by atoms with van der Waals surface area (Å²) in [6, 6.07) is 10.3. The van der Waals surface area contributed by atoms with Gasteiger partial charge in [0.15, 0.2) is 0 Å².